The van der Waals surface area contributed by atoms with Crippen LogP contribution < -0.4 is 15.2 Å². The molecule has 3 rings (SSSR count). The summed E-state index contributed by atoms with van der Waals surface area (Å²) in [5.41, 5.74) is 1.87. The fraction of sp³-hybridized carbons (Fsp3) is 0.333. The normalized spacial score (nSPS) is 13.5. The van der Waals surface area contributed by atoms with E-state index in [1.165, 1.54) is 10.1 Å². The maximum Gasteiger partial charge on any atom is 0.293 e. The quantitative estimate of drug-likeness (QED) is 0.870. The van der Waals surface area contributed by atoms with Gasteiger partial charge in [0.15, 0.2) is 5.75 Å². The Hall–Kier alpha value is -2.56. The highest BCUT2D eigenvalue weighted by Gasteiger charge is 2.22. The van der Waals surface area contributed by atoms with E-state index in [4.69, 9.17) is 4.74 Å². The Kier molecular flexibility index (Phi) is 4.46. The van der Waals surface area contributed by atoms with E-state index in [-0.39, 0.29) is 23.8 Å². The molecular formula is C18H20N2O3. The summed E-state index contributed by atoms with van der Waals surface area (Å²) in [7, 11) is 0. The van der Waals surface area contributed by atoms with Gasteiger partial charge >= 0.3 is 0 Å². The first-order chi connectivity index (χ1) is 11.2. The number of ether oxygens (including phenoxy) is 1. The van der Waals surface area contributed by atoms with Gasteiger partial charge in [0.2, 0.25) is 5.91 Å². The van der Waals surface area contributed by atoms with E-state index in [2.05, 4.69) is 6.07 Å². The van der Waals surface area contributed by atoms with Crippen LogP contribution >= 0.6 is 0 Å². The van der Waals surface area contributed by atoms with Gasteiger partial charge < -0.3 is 14.2 Å². The Balaban J connectivity index is 1.84. The van der Waals surface area contributed by atoms with Crippen LogP contribution in [0.3, 0.4) is 0 Å². The third kappa shape index (κ3) is 3.13. The summed E-state index contributed by atoms with van der Waals surface area (Å²) >= 11 is 0. The van der Waals surface area contributed by atoms with Crippen LogP contribution in [0.4, 0.5) is 5.69 Å². The third-order valence-corrected chi connectivity index (χ3v) is 4.00. The molecule has 2 heterocycles. The number of para-hydroxylation sites is 1. The molecule has 0 atom stereocenters. The lowest BCUT2D eigenvalue weighted by Gasteiger charge is -2.29. The third-order valence-electron chi connectivity index (χ3n) is 4.00. The fourth-order valence-corrected chi connectivity index (χ4v) is 2.93. The molecule has 0 bridgehead atoms. The van der Waals surface area contributed by atoms with Gasteiger partial charge in [-0.1, -0.05) is 18.2 Å². The highest BCUT2D eigenvalue weighted by Crippen LogP contribution is 2.26. The zero-order valence-electron chi connectivity index (χ0n) is 13.2. The molecule has 2 aromatic rings. The number of nitrogens with zero attached hydrogens (tertiary/aromatic N) is 2. The van der Waals surface area contributed by atoms with Gasteiger partial charge in [-0.2, -0.15) is 0 Å². The molecule has 0 N–H and O–H groups in total. The predicted molar refractivity (Wildman–Crippen MR) is 89.0 cm³/mol. The molecule has 1 aliphatic heterocycles. The fourth-order valence-electron chi connectivity index (χ4n) is 2.93. The molecule has 1 amide bonds. The lowest BCUT2D eigenvalue weighted by molar-refractivity contribution is -0.119. The summed E-state index contributed by atoms with van der Waals surface area (Å²) in [5.74, 6) is 0.203. The van der Waals surface area contributed by atoms with E-state index in [1.54, 1.807) is 23.2 Å². The zero-order valence-corrected chi connectivity index (χ0v) is 13.2. The van der Waals surface area contributed by atoms with Crippen LogP contribution in [-0.2, 0) is 17.8 Å². The van der Waals surface area contributed by atoms with Crippen molar-refractivity contribution in [3.8, 4) is 5.75 Å². The van der Waals surface area contributed by atoms with Crippen LogP contribution in [0.15, 0.2) is 47.4 Å². The maximum atomic E-state index is 12.7. The van der Waals surface area contributed by atoms with Crippen molar-refractivity contribution in [2.75, 3.05) is 18.1 Å². The second-order valence-corrected chi connectivity index (χ2v) is 5.52. The Morgan fingerprint density at radius 1 is 1.22 bits per heavy atom. The van der Waals surface area contributed by atoms with Gasteiger partial charge in [0.1, 0.15) is 6.54 Å². The smallest absolute Gasteiger partial charge is 0.293 e. The Bertz CT molecular complexity index is 767. The number of carbonyl (C=O) groups excluding carboxylic acids is 1. The van der Waals surface area contributed by atoms with Crippen molar-refractivity contribution in [2.24, 2.45) is 0 Å². The second kappa shape index (κ2) is 6.69. The number of pyridine rings is 1. The van der Waals surface area contributed by atoms with Crippen molar-refractivity contribution < 1.29 is 9.53 Å². The van der Waals surface area contributed by atoms with Crippen molar-refractivity contribution >= 4 is 11.6 Å². The monoisotopic (exact) mass is 312 g/mol. The summed E-state index contributed by atoms with van der Waals surface area (Å²) in [4.78, 5) is 26.7. The van der Waals surface area contributed by atoms with Gasteiger partial charge in [-0.15, -0.1) is 0 Å². The molecule has 1 aliphatic rings. The van der Waals surface area contributed by atoms with Crippen LogP contribution in [0.2, 0.25) is 0 Å². The minimum Gasteiger partial charge on any atom is -0.488 e. The molecule has 23 heavy (non-hydrogen) atoms. The van der Waals surface area contributed by atoms with Crippen molar-refractivity contribution in [3.63, 3.8) is 0 Å². The molecule has 120 valence electrons. The lowest BCUT2D eigenvalue weighted by Crippen LogP contribution is -2.39. The van der Waals surface area contributed by atoms with Crippen molar-refractivity contribution in [1.29, 1.82) is 0 Å². The van der Waals surface area contributed by atoms with E-state index < -0.39 is 0 Å². The second-order valence-electron chi connectivity index (χ2n) is 5.52. The molecule has 1 aromatic carbocycles. The number of rotatable bonds is 4. The van der Waals surface area contributed by atoms with Gasteiger partial charge in [0.25, 0.3) is 5.56 Å². The number of aryl methyl sites for hydroxylation is 1. The number of anilines is 1. The first-order valence-corrected chi connectivity index (χ1v) is 7.91. The highest BCUT2D eigenvalue weighted by atomic mass is 16.5. The summed E-state index contributed by atoms with van der Waals surface area (Å²) in [6.45, 7) is 2.96. The van der Waals surface area contributed by atoms with Gasteiger partial charge in [-0.3, -0.25) is 9.59 Å². The lowest BCUT2D eigenvalue weighted by atomic mass is 10.0. The molecule has 0 saturated carbocycles. The first-order valence-electron chi connectivity index (χ1n) is 7.91. The SMILES string of the molecule is CCOc1cccn(CC(=O)N2CCCc3ccccc32)c1=O. The Labute approximate surface area is 135 Å². The van der Waals surface area contributed by atoms with E-state index in [1.807, 2.05) is 25.1 Å². The largest absolute Gasteiger partial charge is 0.488 e. The molecule has 0 aliphatic carbocycles. The molecule has 0 fully saturated rings. The number of hydrogen-bond acceptors (Lipinski definition) is 3. The summed E-state index contributed by atoms with van der Waals surface area (Å²) in [5, 5.41) is 0. The minimum atomic E-state index is -0.270. The topological polar surface area (TPSA) is 51.5 Å². The van der Waals surface area contributed by atoms with Crippen LogP contribution in [0.1, 0.15) is 18.9 Å². The number of fused-ring (bicyclic) bond motifs is 1. The van der Waals surface area contributed by atoms with E-state index in [0.29, 0.717) is 13.2 Å². The van der Waals surface area contributed by atoms with Crippen molar-refractivity contribution in [3.05, 3.63) is 58.5 Å². The average molecular weight is 312 g/mol. The molecule has 1 aromatic heterocycles. The van der Waals surface area contributed by atoms with E-state index >= 15 is 0 Å². The van der Waals surface area contributed by atoms with E-state index in [9.17, 15) is 9.59 Å². The van der Waals surface area contributed by atoms with Gasteiger partial charge in [0.05, 0.1) is 6.61 Å². The van der Waals surface area contributed by atoms with Gasteiger partial charge in [0, 0.05) is 18.4 Å². The molecule has 5 nitrogen and oxygen atoms in total. The number of amides is 1. The van der Waals surface area contributed by atoms with Crippen molar-refractivity contribution in [1.82, 2.24) is 4.57 Å². The van der Waals surface area contributed by atoms with Crippen LogP contribution in [0.5, 0.6) is 5.75 Å². The van der Waals surface area contributed by atoms with Gasteiger partial charge in [-0.05, 0) is 43.5 Å². The minimum absolute atomic E-state index is 0.0219. The van der Waals surface area contributed by atoms with Gasteiger partial charge in [-0.25, -0.2) is 0 Å². The summed E-state index contributed by atoms with van der Waals surface area (Å²) in [6, 6.07) is 11.3. The summed E-state index contributed by atoms with van der Waals surface area (Å²) in [6.07, 6.45) is 3.55. The molecule has 0 unspecified atom stereocenters. The number of benzene rings is 1. The summed E-state index contributed by atoms with van der Waals surface area (Å²) < 4.78 is 6.71. The predicted octanol–water partition coefficient (Wildman–Crippen LogP) is 2.23. The van der Waals surface area contributed by atoms with Crippen LogP contribution in [0, 0.1) is 0 Å². The van der Waals surface area contributed by atoms with Crippen LogP contribution in [0.25, 0.3) is 0 Å². The standard InChI is InChI=1S/C18H20N2O3/c1-2-23-16-10-6-11-19(18(16)22)13-17(21)20-12-5-8-14-7-3-4-9-15(14)20/h3-4,6-7,9-11H,2,5,8,12-13H2,1H3. The van der Waals surface area contributed by atoms with Crippen LogP contribution in [-0.4, -0.2) is 23.6 Å². The Morgan fingerprint density at radius 3 is 2.87 bits per heavy atom. The Morgan fingerprint density at radius 2 is 2.04 bits per heavy atom. The molecule has 0 radical (unpaired) electrons. The molecule has 0 saturated heterocycles. The molecular weight excluding hydrogens is 292 g/mol. The average Bonchev–Trinajstić information content (AvgIpc) is 2.58. The first kappa shape index (κ1) is 15.3. The molecule has 5 heteroatoms. The maximum absolute atomic E-state index is 12.7. The number of hydrogen-bond donors (Lipinski definition) is 0. The van der Waals surface area contributed by atoms with E-state index in [0.717, 1.165) is 18.5 Å². The molecule has 0 spiro atoms. The number of carbonyl (C=O) groups is 1. The van der Waals surface area contributed by atoms with Crippen molar-refractivity contribution in [2.45, 2.75) is 26.3 Å². The highest BCUT2D eigenvalue weighted by molar-refractivity contribution is 5.94. The zero-order chi connectivity index (χ0) is 16.2. The number of aromatic nitrogens is 1.